The Morgan fingerprint density at radius 1 is 1.30 bits per heavy atom. The third-order valence-electron chi connectivity index (χ3n) is 3.00. The Morgan fingerprint density at radius 2 is 2.00 bits per heavy atom. The van der Waals surface area contributed by atoms with Gasteiger partial charge in [0.25, 0.3) is 0 Å². The van der Waals surface area contributed by atoms with Crippen LogP contribution in [0.25, 0.3) is 0 Å². The van der Waals surface area contributed by atoms with E-state index < -0.39 is 17.9 Å². The lowest BCUT2D eigenvalue weighted by Gasteiger charge is -2.16. The minimum Gasteiger partial charge on any atom is -0.479 e. The summed E-state index contributed by atoms with van der Waals surface area (Å²) >= 11 is 0. The average Bonchev–Trinajstić information content (AvgIpc) is 2.39. The summed E-state index contributed by atoms with van der Waals surface area (Å²) in [7, 11) is 0. The molecule has 20 heavy (non-hydrogen) atoms. The third-order valence-corrected chi connectivity index (χ3v) is 3.00. The van der Waals surface area contributed by atoms with Crippen LogP contribution in [0, 0.1) is 13.8 Å². The Balaban J connectivity index is 2.76. The fraction of sp³-hybridized carbons (Fsp3) is 0.467. The topological polar surface area (TPSA) is 75.6 Å². The highest BCUT2D eigenvalue weighted by molar-refractivity contribution is 5.85. The zero-order valence-electron chi connectivity index (χ0n) is 12.1. The van der Waals surface area contributed by atoms with Crippen LogP contribution in [0.15, 0.2) is 18.2 Å². The lowest BCUT2D eigenvalue weighted by atomic mass is 10.0. The SMILES string of the molecule is CCCOCC(=O)NC(C(=O)O)c1ccc(C)c(C)c1. The third kappa shape index (κ3) is 4.66. The molecule has 0 saturated carbocycles. The van der Waals surface area contributed by atoms with Crippen LogP contribution in [0.4, 0.5) is 0 Å². The second-order valence-electron chi connectivity index (χ2n) is 4.74. The molecule has 5 heteroatoms. The Labute approximate surface area is 118 Å². The molecule has 0 heterocycles. The van der Waals surface area contributed by atoms with E-state index in [1.807, 2.05) is 26.8 Å². The van der Waals surface area contributed by atoms with E-state index in [-0.39, 0.29) is 6.61 Å². The van der Waals surface area contributed by atoms with Gasteiger partial charge in [-0.1, -0.05) is 25.1 Å². The van der Waals surface area contributed by atoms with Gasteiger partial charge in [0.15, 0.2) is 6.04 Å². The fourth-order valence-corrected chi connectivity index (χ4v) is 1.74. The van der Waals surface area contributed by atoms with Crippen molar-refractivity contribution in [3.8, 4) is 0 Å². The number of benzene rings is 1. The Hall–Kier alpha value is -1.88. The van der Waals surface area contributed by atoms with Crippen LogP contribution in [0.2, 0.25) is 0 Å². The largest absolute Gasteiger partial charge is 0.479 e. The molecular weight excluding hydrogens is 258 g/mol. The number of hydrogen-bond acceptors (Lipinski definition) is 3. The molecule has 0 aromatic heterocycles. The summed E-state index contributed by atoms with van der Waals surface area (Å²) in [6, 6.07) is 4.29. The second-order valence-corrected chi connectivity index (χ2v) is 4.74. The van der Waals surface area contributed by atoms with Crippen LogP contribution >= 0.6 is 0 Å². The van der Waals surface area contributed by atoms with Gasteiger partial charge in [0.05, 0.1) is 0 Å². The van der Waals surface area contributed by atoms with E-state index in [0.717, 1.165) is 17.5 Å². The van der Waals surface area contributed by atoms with Crippen molar-refractivity contribution in [2.45, 2.75) is 33.2 Å². The molecule has 1 rings (SSSR count). The van der Waals surface area contributed by atoms with Crippen molar-refractivity contribution < 1.29 is 19.4 Å². The van der Waals surface area contributed by atoms with Crippen molar-refractivity contribution in [2.24, 2.45) is 0 Å². The number of aryl methyl sites for hydroxylation is 2. The van der Waals surface area contributed by atoms with Crippen molar-refractivity contribution in [2.75, 3.05) is 13.2 Å². The van der Waals surface area contributed by atoms with Crippen LogP contribution < -0.4 is 5.32 Å². The monoisotopic (exact) mass is 279 g/mol. The highest BCUT2D eigenvalue weighted by Gasteiger charge is 2.22. The molecule has 0 spiro atoms. The lowest BCUT2D eigenvalue weighted by molar-refractivity contribution is -0.142. The Kier molecular flexibility index (Phi) is 6.18. The van der Waals surface area contributed by atoms with E-state index in [4.69, 9.17) is 4.74 Å². The predicted molar refractivity (Wildman–Crippen MR) is 75.5 cm³/mol. The van der Waals surface area contributed by atoms with Crippen molar-refractivity contribution in [3.05, 3.63) is 34.9 Å². The van der Waals surface area contributed by atoms with Gasteiger partial charge in [-0.05, 0) is 37.0 Å². The van der Waals surface area contributed by atoms with E-state index in [1.54, 1.807) is 12.1 Å². The van der Waals surface area contributed by atoms with Crippen LogP contribution in [-0.2, 0) is 14.3 Å². The van der Waals surface area contributed by atoms with Gasteiger partial charge in [-0.2, -0.15) is 0 Å². The van der Waals surface area contributed by atoms with Gasteiger partial charge in [-0.3, -0.25) is 4.79 Å². The average molecular weight is 279 g/mol. The summed E-state index contributed by atoms with van der Waals surface area (Å²) in [4.78, 5) is 23.0. The van der Waals surface area contributed by atoms with E-state index in [9.17, 15) is 14.7 Å². The smallest absolute Gasteiger partial charge is 0.330 e. The number of ether oxygens (including phenoxy) is 1. The molecule has 5 nitrogen and oxygen atoms in total. The standard InChI is InChI=1S/C15H21NO4/c1-4-7-20-9-13(17)16-14(15(18)19)12-6-5-10(2)11(3)8-12/h5-6,8,14H,4,7,9H2,1-3H3,(H,16,17)(H,18,19). The van der Waals surface area contributed by atoms with Crippen LogP contribution in [0.3, 0.4) is 0 Å². The Morgan fingerprint density at radius 3 is 2.55 bits per heavy atom. The number of rotatable bonds is 7. The fourth-order valence-electron chi connectivity index (χ4n) is 1.74. The first-order valence-electron chi connectivity index (χ1n) is 6.62. The number of carboxylic acids is 1. The Bertz CT molecular complexity index is 485. The molecule has 1 unspecified atom stereocenters. The summed E-state index contributed by atoms with van der Waals surface area (Å²) in [5.74, 6) is -1.51. The van der Waals surface area contributed by atoms with Crippen LogP contribution in [0.1, 0.15) is 36.1 Å². The summed E-state index contributed by atoms with van der Waals surface area (Å²) in [6.07, 6.45) is 0.812. The molecule has 0 fully saturated rings. The lowest BCUT2D eigenvalue weighted by Crippen LogP contribution is -2.36. The molecule has 110 valence electrons. The predicted octanol–water partition coefficient (Wildman–Crippen LogP) is 1.97. The molecule has 0 radical (unpaired) electrons. The summed E-state index contributed by atoms with van der Waals surface area (Å²) in [5, 5.41) is 11.7. The van der Waals surface area contributed by atoms with Crippen molar-refractivity contribution in [1.29, 1.82) is 0 Å². The number of hydrogen-bond donors (Lipinski definition) is 2. The summed E-state index contributed by atoms with van der Waals surface area (Å²) in [5.41, 5.74) is 2.63. The maximum Gasteiger partial charge on any atom is 0.330 e. The van der Waals surface area contributed by atoms with Crippen LogP contribution in [-0.4, -0.2) is 30.2 Å². The molecule has 0 aliphatic heterocycles. The number of carboxylic acid groups (broad SMARTS) is 1. The van der Waals surface area contributed by atoms with Crippen molar-refractivity contribution in [1.82, 2.24) is 5.32 Å². The van der Waals surface area contributed by atoms with Crippen molar-refractivity contribution in [3.63, 3.8) is 0 Å². The molecular formula is C15H21NO4. The van der Waals surface area contributed by atoms with Gasteiger partial charge >= 0.3 is 5.97 Å². The number of carbonyl (C=O) groups excluding carboxylic acids is 1. The number of nitrogens with one attached hydrogen (secondary N) is 1. The first-order valence-corrected chi connectivity index (χ1v) is 6.62. The quantitative estimate of drug-likeness (QED) is 0.748. The van der Waals surface area contributed by atoms with E-state index >= 15 is 0 Å². The van der Waals surface area contributed by atoms with E-state index in [2.05, 4.69) is 5.32 Å². The number of amides is 1. The van der Waals surface area contributed by atoms with Crippen molar-refractivity contribution >= 4 is 11.9 Å². The molecule has 0 aliphatic rings. The maximum atomic E-state index is 11.7. The molecule has 1 atom stereocenters. The molecule has 1 amide bonds. The molecule has 1 aromatic rings. The van der Waals surface area contributed by atoms with Crippen LogP contribution in [0.5, 0.6) is 0 Å². The summed E-state index contributed by atoms with van der Waals surface area (Å²) in [6.45, 7) is 6.15. The molecule has 0 bridgehead atoms. The highest BCUT2D eigenvalue weighted by Crippen LogP contribution is 2.17. The van der Waals surface area contributed by atoms with Gasteiger partial charge in [0, 0.05) is 6.61 Å². The molecule has 2 N–H and O–H groups in total. The zero-order valence-corrected chi connectivity index (χ0v) is 12.1. The van der Waals surface area contributed by atoms with Gasteiger partial charge < -0.3 is 15.2 Å². The first-order chi connectivity index (χ1) is 9.45. The molecule has 1 aromatic carbocycles. The number of carbonyl (C=O) groups is 2. The van der Waals surface area contributed by atoms with E-state index in [1.165, 1.54) is 0 Å². The minimum absolute atomic E-state index is 0.123. The zero-order chi connectivity index (χ0) is 15.1. The van der Waals surface area contributed by atoms with E-state index in [0.29, 0.717) is 12.2 Å². The molecule has 0 aliphatic carbocycles. The highest BCUT2D eigenvalue weighted by atomic mass is 16.5. The van der Waals surface area contributed by atoms with Gasteiger partial charge in [-0.15, -0.1) is 0 Å². The minimum atomic E-state index is -1.09. The number of aliphatic carboxylic acids is 1. The van der Waals surface area contributed by atoms with Gasteiger partial charge in [-0.25, -0.2) is 4.79 Å². The van der Waals surface area contributed by atoms with Gasteiger partial charge in [0.2, 0.25) is 5.91 Å². The summed E-state index contributed by atoms with van der Waals surface area (Å²) < 4.78 is 5.10. The molecule has 0 saturated heterocycles. The van der Waals surface area contributed by atoms with Gasteiger partial charge in [0.1, 0.15) is 6.61 Å². The first kappa shape index (κ1) is 16.2. The second kappa shape index (κ2) is 7.65. The normalized spacial score (nSPS) is 11.9. The maximum absolute atomic E-state index is 11.7.